The number of hydrogen-bond donors (Lipinski definition) is 1. The number of carbonyl (C=O) groups is 1. The molecule has 0 heterocycles. The highest BCUT2D eigenvalue weighted by Crippen LogP contribution is 2.32. The van der Waals surface area contributed by atoms with Crippen molar-refractivity contribution in [1.29, 1.82) is 0 Å². The van der Waals surface area contributed by atoms with Crippen LogP contribution in [0.5, 0.6) is 0 Å². The SMILES string of the molecule is CN(C1CC1)S(=O)(=O)c1cc(F)c(Cl)c(C(=O)O)c1. The molecule has 19 heavy (non-hydrogen) atoms. The fourth-order valence-corrected chi connectivity index (χ4v) is 3.31. The number of halogens is 2. The first kappa shape index (κ1) is 14.2. The Hall–Kier alpha value is -1.18. The van der Waals surface area contributed by atoms with Crippen LogP contribution in [0.2, 0.25) is 5.02 Å². The molecule has 0 radical (unpaired) electrons. The number of aromatic carboxylic acids is 1. The standard InChI is InChI=1S/C11H11ClFNO4S/c1-14(6-2-3-6)19(17,18)7-4-8(11(15)16)10(12)9(13)5-7/h4-6H,2-3H2,1H3,(H,15,16). The van der Waals surface area contributed by atoms with Crippen molar-refractivity contribution < 1.29 is 22.7 Å². The Kier molecular flexibility index (Phi) is 3.55. The van der Waals surface area contributed by atoms with Crippen molar-refractivity contribution in [3.63, 3.8) is 0 Å². The van der Waals surface area contributed by atoms with Gasteiger partial charge in [0.1, 0.15) is 5.82 Å². The number of nitrogens with zero attached hydrogens (tertiary/aromatic N) is 1. The Balaban J connectivity index is 2.53. The van der Waals surface area contributed by atoms with Gasteiger partial charge >= 0.3 is 5.97 Å². The van der Waals surface area contributed by atoms with Crippen molar-refractivity contribution in [2.24, 2.45) is 0 Å². The van der Waals surface area contributed by atoms with Gasteiger partial charge in [-0.05, 0) is 25.0 Å². The van der Waals surface area contributed by atoms with Crippen LogP contribution in [0, 0.1) is 5.82 Å². The maximum Gasteiger partial charge on any atom is 0.337 e. The van der Waals surface area contributed by atoms with Gasteiger partial charge in [0.05, 0.1) is 15.5 Å². The Morgan fingerprint density at radius 1 is 1.47 bits per heavy atom. The van der Waals surface area contributed by atoms with Crippen LogP contribution in [0.15, 0.2) is 17.0 Å². The molecule has 1 aliphatic carbocycles. The molecule has 104 valence electrons. The summed E-state index contributed by atoms with van der Waals surface area (Å²) in [5, 5.41) is 8.28. The minimum atomic E-state index is -3.90. The molecule has 5 nitrogen and oxygen atoms in total. The quantitative estimate of drug-likeness (QED) is 0.922. The van der Waals surface area contributed by atoms with Crippen LogP contribution < -0.4 is 0 Å². The minimum absolute atomic E-state index is 0.1000. The molecule has 1 aromatic rings. The van der Waals surface area contributed by atoms with Gasteiger partial charge < -0.3 is 5.11 Å². The lowest BCUT2D eigenvalue weighted by atomic mass is 10.2. The summed E-state index contributed by atoms with van der Waals surface area (Å²) in [6.07, 6.45) is 1.50. The van der Waals surface area contributed by atoms with Gasteiger partial charge in [-0.3, -0.25) is 0 Å². The third-order valence-electron chi connectivity index (χ3n) is 2.97. The zero-order valence-corrected chi connectivity index (χ0v) is 11.5. The van der Waals surface area contributed by atoms with E-state index in [1.165, 1.54) is 7.05 Å². The van der Waals surface area contributed by atoms with Crippen molar-refractivity contribution in [2.45, 2.75) is 23.8 Å². The summed E-state index contributed by atoms with van der Waals surface area (Å²) >= 11 is 5.50. The topological polar surface area (TPSA) is 74.7 Å². The molecule has 0 saturated heterocycles. The number of carboxylic acids is 1. The lowest BCUT2D eigenvalue weighted by molar-refractivity contribution is 0.0696. The fourth-order valence-electron chi connectivity index (χ4n) is 1.67. The highest BCUT2D eigenvalue weighted by molar-refractivity contribution is 7.89. The van der Waals surface area contributed by atoms with Crippen LogP contribution in [-0.2, 0) is 10.0 Å². The summed E-state index contributed by atoms with van der Waals surface area (Å²) in [7, 11) is -2.51. The van der Waals surface area contributed by atoms with Gasteiger partial charge in [0.15, 0.2) is 0 Å². The molecule has 0 amide bonds. The monoisotopic (exact) mass is 307 g/mol. The third-order valence-corrected chi connectivity index (χ3v) is 5.24. The highest BCUT2D eigenvalue weighted by Gasteiger charge is 2.36. The van der Waals surface area contributed by atoms with Crippen molar-refractivity contribution in [1.82, 2.24) is 4.31 Å². The van der Waals surface area contributed by atoms with Crippen molar-refractivity contribution >= 4 is 27.6 Å². The molecule has 0 aliphatic heterocycles. The molecule has 0 atom stereocenters. The van der Waals surface area contributed by atoms with E-state index >= 15 is 0 Å². The van der Waals surface area contributed by atoms with Crippen LogP contribution in [-0.4, -0.2) is 36.9 Å². The molecule has 2 rings (SSSR count). The molecule has 0 spiro atoms. The van der Waals surface area contributed by atoms with E-state index in [1.54, 1.807) is 0 Å². The first-order valence-electron chi connectivity index (χ1n) is 5.45. The van der Waals surface area contributed by atoms with Crippen molar-refractivity contribution in [2.75, 3.05) is 7.05 Å². The maximum atomic E-state index is 13.5. The second kappa shape index (κ2) is 4.73. The van der Waals surface area contributed by atoms with E-state index in [2.05, 4.69) is 0 Å². The molecular formula is C11H11ClFNO4S. The summed E-state index contributed by atoms with van der Waals surface area (Å²) in [5.74, 6) is -2.54. The van der Waals surface area contributed by atoms with Crippen molar-refractivity contribution in [3.8, 4) is 0 Å². The summed E-state index contributed by atoms with van der Waals surface area (Å²) < 4.78 is 39.0. The predicted molar refractivity (Wildman–Crippen MR) is 66.3 cm³/mol. The van der Waals surface area contributed by atoms with E-state index in [0.717, 1.165) is 29.3 Å². The number of rotatable bonds is 4. The van der Waals surface area contributed by atoms with E-state index in [-0.39, 0.29) is 6.04 Å². The number of hydrogen-bond acceptors (Lipinski definition) is 3. The first-order valence-corrected chi connectivity index (χ1v) is 7.27. The van der Waals surface area contributed by atoms with E-state index < -0.39 is 37.3 Å². The van der Waals surface area contributed by atoms with Gasteiger partial charge in [-0.1, -0.05) is 11.6 Å². The maximum absolute atomic E-state index is 13.5. The van der Waals surface area contributed by atoms with E-state index in [4.69, 9.17) is 16.7 Å². The Morgan fingerprint density at radius 3 is 2.53 bits per heavy atom. The summed E-state index contributed by atoms with van der Waals surface area (Å²) in [5.41, 5.74) is -0.565. The van der Waals surface area contributed by atoms with Crippen LogP contribution >= 0.6 is 11.6 Å². The fraction of sp³-hybridized carbons (Fsp3) is 0.364. The molecule has 1 aliphatic rings. The minimum Gasteiger partial charge on any atom is -0.478 e. The van der Waals surface area contributed by atoms with Gasteiger partial charge in [-0.15, -0.1) is 0 Å². The van der Waals surface area contributed by atoms with Crippen LogP contribution in [0.25, 0.3) is 0 Å². The van der Waals surface area contributed by atoms with Crippen LogP contribution in [0.4, 0.5) is 4.39 Å². The van der Waals surface area contributed by atoms with E-state index in [0.29, 0.717) is 0 Å². The molecule has 1 fully saturated rings. The molecule has 1 N–H and O–H groups in total. The zero-order valence-electron chi connectivity index (χ0n) is 9.93. The number of benzene rings is 1. The van der Waals surface area contributed by atoms with Crippen LogP contribution in [0.1, 0.15) is 23.2 Å². The van der Waals surface area contributed by atoms with Crippen molar-refractivity contribution in [3.05, 3.63) is 28.5 Å². The lowest BCUT2D eigenvalue weighted by Gasteiger charge is -2.17. The highest BCUT2D eigenvalue weighted by atomic mass is 35.5. The average Bonchev–Trinajstić information content (AvgIpc) is 3.14. The number of sulfonamides is 1. The molecule has 0 aromatic heterocycles. The van der Waals surface area contributed by atoms with E-state index in [9.17, 15) is 17.6 Å². The second-order valence-corrected chi connectivity index (χ2v) is 6.70. The lowest BCUT2D eigenvalue weighted by Crippen LogP contribution is -2.29. The molecule has 1 aromatic carbocycles. The number of carboxylic acid groups (broad SMARTS) is 1. The normalized spacial score (nSPS) is 15.8. The van der Waals surface area contributed by atoms with Gasteiger partial charge in [0.2, 0.25) is 10.0 Å². The first-order chi connectivity index (χ1) is 8.75. The molecule has 0 bridgehead atoms. The zero-order chi connectivity index (χ0) is 14.4. The van der Waals surface area contributed by atoms with Gasteiger partial charge in [0.25, 0.3) is 0 Å². The Bertz CT molecular complexity index is 642. The van der Waals surface area contributed by atoms with Gasteiger partial charge in [-0.25, -0.2) is 17.6 Å². The van der Waals surface area contributed by atoms with Gasteiger partial charge in [-0.2, -0.15) is 4.31 Å². The molecular weight excluding hydrogens is 297 g/mol. The smallest absolute Gasteiger partial charge is 0.337 e. The summed E-state index contributed by atoms with van der Waals surface area (Å²) in [4.78, 5) is 10.5. The summed E-state index contributed by atoms with van der Waals surface area (Å²) in [6, 6.07) is 1.52. The molecule has 8 heteroatoms. The third kappa shape index (κ3) is 2.58. The van der Waals surface area contributed by atoms with Gasteiger partial charge in [0, 0.05) is 13.1 Å². The molecule has 0 unspecified atom stereocenters. The molecule has 1 saturated carbocycles. The second-order valence-electron chi connectivity index (χ2n) is 4.32. The summed E-state index contributed by atoms with van der Waals surface area (Å²) in [6.45, 7) is 0. The Morgan fingerprint density at radius 2 is 2.05 bits per heavy atom. The largest absolute Gasteiger partial charge is 0.478 e. The van der Waals surface area contributed by atoms with Crippen LogP contribution in [0.3, 0.4) is 0 Å². The predicted octanol–water partition coefficient (Wildman–Crippen LogP) is 1.96. The van der Waals surface area contributed by atoms with E-state index in [1.807, 2.05) is 0 Å². The average molecular weight is 308 g/mol. The Labute approximate surface area is 114 Å².